The van der Waals surface area contributed by atoms with Gasteiger partial charge in [-0.15, -0.1) is 0 Å². The molecule has 1 aromatic heterocycles. The molecule has 1 saturated heterocycles. The van der Waals surface area contributed by atoms with Gasteiger partial charge in [0.1, 0.15) is 5.69 Å². The average molecular weight is 363 g/mol. The third-order valence-corrected chi connectivity index (χ3v) is 5.45. The highest BCUT2D eigenvalue weighted by atomic mass is 19.4. The van der Waals surface area contributed by atoms with E-state index in [-0.39, 0.29) is 17.5 Å². The molecular weight excluding hydrogens is 343 g/mol. The number of amides is 1. The van der Waals surface area contributed by atoms with E-state index in [0.717, 1.165) is 19.2 Å². The Morgan fingerprint density at radius 3 is 2.50 bits per heavy atom. The summed E-state index contributed by atoms with van der Waals surface area (Å²) in [5.41, 5.74) is -1.72. The molecule has 2 heterocycles. The van der Waals surface area contributed by atoms with Crippen LogP contribution < -0.4 is 10.6 Å². The van der Waals surface area contributed by atoms with Crippen LogP contribution in [0.1, 0.15) is 25.2 Å². The Labute approximate surface area is 149 Å². The molecule has 0 bridgehead atoms. The van der Waals surface area contributed by atoms with Gasteiger partial charge in [0.25, 0.3) is 0 Å². The van der Waals surface area contributed by atoms with Crippen molar-refractivity contribution in [3.8, 4) is 0 Å². The smallest absolute Gasteiger partial charge is 0.345 e. The van der Waals surface area contributed by atoms with E-state index in [1.54, 1.807) is 38.1 Å². The third kappa shape index (κ3) is 2.84. The molecule has 1 aliphatic heterocycles. The first-order valence-electron chi connectivity index (χ1n) is 8.69. The van der Waals surface area contributed by atoms with E-state index in [1.165, 1.54) is 0 Å². The monoisotopic (exact) mass is 363 g/mol. The van der Waals surface area contributed by atoms with Crippen LogP contribution >= 0.6 is 0 Å². The lowest BCUT2D eigenvalue weighted by atomic mass is 9.93. The first-order valence-corrected chi connectivity index (χ1v) is 8.69. The molecule has 4 nitrogen and oxygen atoms in total. The number of carbonyl (C=O) groups excluding carboxylic acids is 1. The van der Waals surface area contributed by atoms with Crippen molar-refractivity contribution in [1.82, 2.24) is 15.6 Å². The van der Waals surface area contributed by atoms with E-state index in [2.05, 4.69) is 15.6 Å². The predicted octanol–water partition coefficient (Wildman–Crippen LogP) is 3.07. The number of pyridine rings is 1. The number of fused-ring (bicyclic) bond motifs is 2. The number of aromatic nitrogens is 1. The van der Waals surface area contributed by atoms with Crippen molar-refractivity contribution < 1.29 is 18.0 Å². The molecule has 2 fully saturated rings. The van der Waals surface area contributed by atoms with E-state index >= 15 is 0 Å². The fourth-order valence-electron chi connectivity index (χ4n) is 4.08. The number of alkyl halides is 3. The molecule has 2 aromatic rings. The summed E-state index contributed by atoms with van der Waals surface area (Å²) in [6, 6.07) is 7.87. The lowest BCUT2D eigenvalue weighted by Gasteiger charge is -2.28. The van der Waals surface area contributed by atoms with Crippen LogP contribution in [0.3, 0.4) is 0 Å². The van der Waals surface area contributed by atoms with Crippen molar-refractivity contribution in [2.45, 2.75) is 25.6 Å². The summed E-state index contributed by atoms with van der Waals surface area (Å²) in [4.78, 5) is 16.5. The van der Waals surface area contributed by atoms with E-state index < -0.39 is 17.4 Å². The van der Waals surface area contributed by atoms with Crippen molar-refractivity contribution in [3.63, 3.8) is 0 Å². The van der Waals surface area contributed by atoms with Crippen LogP contribution in [0.25, 0.3) is 10.8 Å². The minimum Gasteiger partial charge on any atom is -0.345 e. The first-order chi connectivity index (χ1) is 12.2. The first kappa shape index (κ1) is 17.3. The number of hydrogen-bond acceptors (Lipinski definition) is 3. The lowest BCUT2D eigenvalue weighted by molar-refractivity contribution is -0.141. The zero-order chi connectivity index (χ0) is 18.7. The van der Waals surface area contributed by atoms with Crippen LogP contribution in [0.4, 0.5) is 13.2 Å². The molecule has 0 radical (unpaired) electrons. The Morgan fingerprint density at radius 2 is 1.85 bits per heavy atom. The molecule has 1 aromatic carbocycles. The van der Waals surface area contributed by atoms with E-state index in [1.807, 2.05) is 0 Å². The fraction of sp³-hybridized carbons (Fsp3) is 0.474. The van der Waals surface area contributed by atoms with Crippen LogP contribution in [0.5, 0.6) is 0 Å². The van der Waals surface area contributed by atoms with Gasteiger partial charge in [-0.05, 0) is 50.2 Å². The van der Waals surface area contributed by atoms with Crippen LogP contribution in [0.15, 0.2) is 30.3 Å². The zero-order valence-electron chi connectivity index (χ0n) is 14.5. The second-order valence-corrected chi connectivity index (χ2v) is 7.70. The van der Waals surface area contributed by atoms with Gasteiger partial charge in [-0.3, -0.25) is 4.79 Å². The van der Waals surface area contributed by atoms with Gasteiger partial charge < -0.3 is 10.6 Å². The lowest BCUT2D eigenvalue weighted by Crippen LogP contribution is -2.44. The molecule has 1 amide bonds. The van der Waals surface area contributed by atoms with E-state index in [0.29, 0.717) is 22.6 Å². The summed E-state index contributed by atoms with van der Waals surface area (Å²) in [6.07, 6.45) is -4.54. The summed E-state index contributed by atoms with van der Waals surface area (Å²) in [6.45, 7) is 5.06. The van der Waals surface area contributed by atoms with Crippen LogP contribution in [-0.2, 0) is 16.5 Å². The van der Waals surface area contributed by atoms with Gasteiger partial charge in [0.2, 0.25) is 5.91 Å². The molecule has 7 heteroatoms. The van der Waals surface area contributed by atoms with Gasteiger partial charge in [-0.1, -0.05) is 24.3 Å². The highest BCUT2D eigenvalue weighted by Gasteiger charge is 2.57. The molecule has 4 rings (SSSR count). The Kier molecular flexibility index (Phi) is 3.77. The highest BCUT2D eigenvalue weighted by Crippen LogP contribution is 2.49. The predicted molar refractivity (Wildman–Crippen MR) is 91.3 cm³/mol. The van der Waals surface area contributed by atoms with Crippen molar-refractivity contribution in [2.24, 2.45) is 17.8 Å². The van der Waals surface area contributed by atoms with Gasteiger partial charge in [0.05, 0.1) is 11.2 Å². The molecular formula is C19H20F3N3O. The van der Waals surface area contributed by atoms with Gasteiger partial charge in [-0.2, -0.15) is 13.2 Å². The van der Waals surface area contributed by atoms with E-state index in [4.69, 9.17) is 0 Å². The summed E-state index contributed by atoms with van der Waals surface area (Å²) in [5, 5.41) is 7.24. The molecule has 2 aliphatic rings. The maximum Gasteiger partial charge on any atom is 0.433 e. The number of rotatable bonds is 3. The normalized spacial score (nSPS) is 25.2. The van der Waals surface area contributed by atoms with Crippen LogP contribution in [-0.4, -0.2) is 24.0 Å². The molecule has 1 aliphatic carbocycles. The Balaban J connectivity index is 1.70. The number of halogens is 3. The summed E-state index contributed by atoms with van der Waals surface area (Å²) in [5.74, 6) is 0.538. The minimum absolute atomic E-state index is 0.0485. The largest absolute Gasteiger partial charge is 0.433 e. The van der Waals surface area contributed by atoms with Gasteiger partial charge in [-0.25, -0.2) is 4.98 Å². The molecule has 26 heavy (non-hydrogen) atoms. The average Bonchev–Trinajstić information content (AvgIpc) is 3.06. The van der Waals surface area contributed by atoms with Gasteiger partial charge in [0, 0.05) is 11.3 Å². The third-order valence-electron chi connectivity index (χ3n) is 5.45. The number of nitrogens with zero attached hydrogens (tertiary/aromatic N) is 1. The van der Waals surface area contributed by atoms with Crippen LogP contribution in [0, 0.1) is 17.8 Å². The molecule has 1 saturated carbocycles. The molecule has 3 atom stereocenters. The maximum absolute atomic E-state index is 13.3. The van der Waals surface area contributed by atoms with Crippen LogP contribution in [0.2, 0.25) is 0 Å². The number of piperidine rings is 1. The molecule has 2 N–H and O–H groups in total. The molecule has 138 valence electrons. The highest BCUT2D eigenvalue weighted by molar-refractivity contribution is 5.88. The number of benzene rings is 1. The van der Waals surface area contributed by atoms with E-state index in [9.17, 15) is 18.0 Å². The Morgan fingerprint density at radius 1 is 1.19 bits per heavy atom. The summed E-state index contributed by atoms with van der Waals surface area (Å²) in [7, 11) is 0. The zero-order valence-corrected chi connectivity index (χ0v) is 14.5. The fourth-order valence-corrected chi connectivity index (χ4v) is 4.08. The SMILES string of the molecule is CC(C)(NC(=O)C1[C@H]2CNC[C@@H]12)c1nc(C(F)(F)F)cc2ccccc12. The van der Waals surface area contributed by atoms with Crippen molar-refractivity contribution in [2.75, 3.05) is 13.1 Å². The Hall–Kier alpha value is -2.15. The van der Waals surface area contributed by atoms with Crippen molar-refractivity contribution in [1.29, 1.82) is 0 Å². The number of nitrogens with one attached hydrogen (secondary N) is 2. The summed E-state index contributed by atoms with van der Waals surface area (Å²) < 4.78 is 39.9. The second kappa shape index (κ2) is 5.67. The topological polar surface area (TPSA) is 54.0 Å². The summed E-state index contributed by atoms with van der Waals surface area (Å²) >= 11 is 0. The number of carbonyl (C=O) groups is 1. The second-order valence-electron chi connectivity index (χ2n) is 7.70. The van der Waals surface area contributed by atoms with Gasteiger partial charge >= 0.3 is 6.18 Å². The standard InChI is InChI=1S/C19H20F3N3O/c1-18(2,25-17(26)15-12-8-23-9-13(12)15)16-11-6-4-3-5-10(11)7-14(24-16)19(20,21)22/h3-7,12-13,15,23H,8-9H2,1-2H3,(H,25,26)/t12-,13+,15?. The molecule has 1 unspecified atom stereocenters. The quantitative estimate of drug-likeness (QED) is 0.881. The van der Waals surface area contributed by atoms with Gasteiger partial charge in [0.15, 0.2) is 0 Å². The number of hydrogen-bond donors (Lipinski definition) is 2. The minimum atomic E-state index is -4.54. The van der Waals surface area contributed by atoms with Crippen molar-refractivity contribution in [3.05, 3.63) is 41.7 Å². The van der Waals surface area contributed by atoms with Crippen molar-refractivity contribution >= 4 is 16.7 Å². The molecule has 0 spiro atoms. The maximum atomic E-state index is 13.3. The Bertz CT molecular complexity index is 868.